The first-order valence-corrected chi connectivity index (χ1v) is 8.39. The highest BCUT2D eigenvalue weighted by molar-refractivity contribution is 5.89. The molecule has 25 heavy (non-hydrogen) atoms. The summed E-state index contributed by atoms with van der Waals surface area (Å²) in [4.78, 5) is 16.4. The van der Waals surface area contributed by atoms with Gasteiger partial charge in [0.05, 0.1) is 32.1 Å². The molecule has 0 fully saturated rings. The number of nitrogens with one attached hydrogen (secondary N) is 2. The van der Waals surface area contributed by atoms with Crippen LogP contribution in [0, 0.1) is 6.92 Å². The smallest absolute Gasteiger partial charge is 0.319 e. The number of aromatic nitrogens is 1. The summed E-state index contributed by atoms with van der Waals surface area (Å²) in [6, 6.07) is 13.0. The SMILES string of the molecule is CCOCCOCc1cccc(NC(=O)NCc2cccc(C)n2)c1. The fourth-order valence-corrected chi connectivity index (χ4v) is 2.24. The van der Waals surface area contributed by atoms with E-state index in [0.29, 0.717) is 33.0 Å². The molecule has 0 saturated carbocycles. The average molecular weight is 343 g/mol. The maximum Gasteiger partial charge on any atom is 0.319 e. The lowest BCUT2D eigenvalue weighted by Gasteiger charge is -2.10. The summed E-state index contributed by atoms with van der Waals surface area (Å²) in [6.07, 6.45) is 0. The van der Waals surface area contributed by atoms with Gasteiger partial charge in [-0.15, -0.1) is 0 Å². The lowest BCUT2D eigenvalue weighted by atomic mass is 10.2. The van der Waals surface area contributed by atoms with Crippen LogP contribution in [-0.2, 0) is 22.6 Å². The van der Waals surface area contributed by atoms with Gasteiger partial charge in [0, 0.05) is 18.0 Å². The lowest BCUT2D eigenvalue weighted by molar-refractivity contribution is 0.0453. The first kappa shape index (κ1) is 18.9. The van der Waals surface area contributed by atoms with Crippen LogP contribution in [0.2, 0.25) is 0 Å². The van der Waals surface area contributed by atoms with Crippen molar-refractivity contribution in [1.82, 2.24) is 10.3 Å². The van der Waals surface area contributed by atoms with Crippen molar-refractivity contribution in [3.8, 4) is 0 Å². The van der Waals surface area contributed by atoms with Crippen LogP contribution in [0.5, 0.6) is 0 Å². The predicted octanol–water partition coefficient (Wildman–Crippen LogP) is 3.26. The van der Waals surface area contributed by atoms with Crippen LogP contribution in [0.15, 0.2) is 42.5 Å². The molecule has 0 aliphatic heterocycles. The van der Waals surface area contributed by atoms with Gasteiger partial charge in [-0.05, 0) is 43.7 Å². The normalized spacial score (nSPS) is 10.5. The Bertz CT molecular complexity index is 676. The highest BCUT2D eigenvalue weighted by Crippen LogP contribution is 2.11. The Morgan fingerprint density at radius 2 is 1.92 bits per heavy atom. The Kier molecular flexibility index (Phi) is 7.88. The largest absolute Gasteiger partial charge is 0.379 e. The van der Waals surface area contributed by atoms with E-state index >= 15 is 0 Å². The summed E-state index contributed by atoms with van der Waals surface area (Å²) < 4.78 is 10.8. The number of ether oxygens (including phenoxy) is 2. The zero-order chi connectivity index (χ0) is 17.9. The number of hydrogen-bond acceptors (Lipinski definition) is 4. The standard InChI is InChI=1S/C19H25N3O3/c1-3-24-10-11-25-14-16-7-5-8-17(12-16)22-19(23)20-13-18-9-4-6-15(2)21-18/h4-9,12H,3,10-11,13-14H2,1-2H3,(H2,20,22,23). The van der Waals surface area contributed by atoms with E-state index in [1.807, 2.05) is 56.3 Å². The van der Waals surface area contributed by atoms with Crippen LogP contribution in [0.25, 0.3) is 0 Å². The Labute approximate surface area is 148 Å². The molecule has 0 aliphatic carbocycles. The third-order valence-corrected chi connectivity index (χ3v) is 3.41. The minimum Gasteiger partial charge on any atom is -0.379 e. The summed E-state index contributed by atoms with van der Waals surface area (Å²) in [5.74, 6) is 0. The molecule has 6 nitrogen and oxygen atoms in total. The van der Waals surface area contributed by atoms with Gasteiger partial charge in [-0.2, -0.15) is 0 Å². The Morgan fingerprint density at radius 1 is 1.12 bits per heavy atom. The first-order valence-electron chi connectivity index (χ1n) is 8.39. The number of pyridine rings is 1. The molecule has 2 aromatic rings. The van der Waals surface area contributed by atoms with Gasteiger partial charge in [0.2, 0.25) is 0 Å². The number of benzene rings is 1. The van der Waals surface area contributed by atoms with E-state index in [2.05, 4.69) is 15.6 Å². The molecular weight excluding hydrogens is 318 g/mol. The molecule has 0 saturated heterocycles. The summed E-state index contributed by atoms with van der Waals surface area (Å²) in [7, 11) is 0. The van der Waals surface area contributed by atoms with Crippen LogP contribution < -0.4 is 10.6 Å². The van der Waals surface area contributed by atoms with Crippen molar-refractivity contribution in [2.24, 2.45) is 0 Å². The highest BCUT2D eigenvalue weighted by Gasteiger charge is 2.04. The molecule has 134 valence electrons. The fraction of sp³-hybridized carbons (Fsp3) is 0.368. The van der Waals surface area contributed by atoms with E-state index in [0.717, 1.165) is 22.6 Å². The molecule has 6 heteroatoms. The number of urea groups is 1. The van der Waals surface area contributed by atoms with Gasteiger partial charge in [-0.25, -0.2) is 4.79 Å². The summed E-state index contributed by atoms with van der Waals surface area (Å²) in [5.41, 5.74) is 3.47. The zero-order valence-corrected chi connectivity index (χ0v) is 14.7. The summed E-state index contributed by atoms with van der Waals surface area (Å²) in [6.45, 7) is 6.57. The topological polar surface area (TPSA) is 72.5 Å². The average Bonchev–Trinajstić information content (AvgIpc) is 2.60. The van der Waals surface area contributed by atoms with Crippen molar-refractivity contribution in [3.05, 3.63) is 59.4 Å². The third kappa shape index (κ3) is 7.32. The Hall–Kier alpha value is -2.44. The molecule has 0 unspecified atom stereocenters. The number of hydrogen-bond donors (Lipinski definition) is 2. The fourth-order valence-electron chi connectivity index (χ4n) is 2.24. The molecule has 1 aromatic carbocycles. The van der Waals surface area contributed by atoms with Crippen molar-refractivity contribution in [1.29, 1.82) is 0 Å². The van der Waals surface area contributed by atoms with Gasteiger partial charge >= 0.3 is 6.03 Å². The van der Waals surface area contributed by atoms with Gasteiger partial charge in [0.1, 0.15) is 0 Å². The first-order chi connectivity index (χ1) is 12.2. The van der Waals surface area contributed by atoms with E-state index in [-0.39, 0.29) is 6.03 Å². The Balaban J connectivity index is 1.77. The van der Waals surface area contributed by atoms with Crippen LogP contribution in [0.4, 0.5) is 10.5 Å². The van der Waals surface area contributed by atoms with Gasteiger partial charge in [-0.3, -0.25) is 4.98 Å². The number of anilines is 1. The third-order valence-electron chi connectivity index (χ3n) is 3.41. The number of amides is 2. The number of carbonyl (C=O) groups excluding carboxylic acids is 1. The van der Waals surface area contributed by atoms with Crippen molar-refractivity contribution in [2.45, 2.75) is 27.0 Å². The van der Waals surface area contributed by atoms with Gasteiger partial charge in [-0.1, -0.05) is 18.2 Å². The van der Waals surface area contributed by atoms with Crippen LogP contribution in [-0.4, -0.2) is 30.8 Å². The van der Waals surface area contributed by atoms with Crippen LogP contribution in [0.1, 0.15) is 23.9 Å². The van der Waals surface area contributed by atoms with E-state index in [9.17, 15) is 4.79 Å². The highest BCUT2D eigenvalue weighted by atomic mass is 16.5. The monoisotopic (exact) mass is 343 g/mol. The summed E-state index contributed by atoms with van der Waals surface area (Å²) in [5, 5.41) is 5.62. The quantitative estimate of drug-likeness (QED) is 0.686. The van der Waals surface area contributed by atoms with Crippen LogP contribution in [0.3, 0.4) is 0 Å². The molecule has 0 spiro atoms. The van der Waals surface area contributed by atoms with Gasteiger partial charge < -0.3 is 20.1 Å². The molecule has 0 aliphatic rings. The minimum atomic E-state index is -0.266. The molecule has 1 heterocycles. The number of carbonyl (C=O) groups is 1. The van der Waals surface area contributed by atoms with Gasteiger partial charge in [0.15, 0.2) is 0 Å². The second kappa shape index (κ2) is 10.4. The molecule has 0 bridgehead atoms. The second-order valence-electron chi connectivity index (χ2n) is 5.53. The molecular formula is C19H25N3O3. The Morgan fingerprint density at radius 3 is 2.72 bits per heavy atom. The van der Waals surface area contributed by atoms with Gasteiger partial charge in [0.25, 0.3) is 0 Å². The second-order valence-corrected chi connectivity index (χ2v) is 5.53. The number of nitrogens with zero attached hydrogens (tertiary/aromatic N) is 1. The lowest BCUT2D eigenvalue weighted by Crippen LogP contribution is -2.28. The maximum absolute atomic E-state index is 12.0. The molecule has 2 amide bonds. The number of aryl methyl sites for hydroxylation is 1. The van der Waals surface area contributed by atoms with E-state index < -0.39 is 0 Å². The number of rotatable bonds is 9. The van der Waals surface area contributed by atoms with Crippen molar-refractivity contribution in [3.63, 3.8) is 0 Å². The summed E-state index contributed by atoms with van der Waals surface area (Å²) >= 11 is 0. The van der Waals surface area contributed by atoms with Crippen molar-refractivity contribution in [2.75, 3.05) is 25.1 Å². The molecule has 1 aromatic heterocycles. The zero-order valence-electron chi connectivity index (χ0n) is 14.7. The van der Waals surface area contributed by atoms with Crippen molar-refractivity contribution >= 4 is 11.7 Å². The van der Waals surface area contributed by atoms with E-state index in [4.69, 9.17) is 9.47 Å². The van der Waals surface area contributed by atoms with E-state index in [1.54, 1.807) is 0 Å². The minimum absolute atomic E-state index is 0.266. The molecule has 2 N–H and O–H groups in total. The molecule has 2 rings (SSSR count). The van der Waals surface area contributed by atoms with Crippen molar-refractivity contribution < 1.29 is 14.3 Å². The predicted molar refractivity (Wildman–Crippen MR) is 97.4 cm³/mol. The maximum atomic E-state index is 12.0. The molecule has 0 atom stereocenters. The van der Waals surface area contributed by atoms with Crippen LogP contribution >= 0.6 is 0 Å². The van der Waals surface area contributed by atoms with E-state index in [1.165, 1.54) is 0 Å². The molecule has 0 radical (unpaired) electrons.